The van der Waals surface area contributed by atoms with Gasteiger partial charge in [-0.15, -0.1) is 0 Å². The Bertz CT molecular complexity index is 732. The minimum Gasteiger partial charge on any atom is -0.480 e. The molecule has 0 bridgehead atoms. The molecule has 0 aliphatic carbocycles. The second-order valence-electron chi connectivity index (χ2n) is 6.73. The van der Waals surface area contributed by atoms with Crippen LogP contribution in [0.4, 0.5) is 17.1 Å². The van der Waals surface area contributed by atoms with E-state index in [0.29, 0.717) is 12.2 Å². The second-order valence-corrected chi connectivity index (χ2v) is 6.73. The molecule has 4 N–H and O–H groups in total. The molecular formula is C22H29N3O3. The van der Waals surface area contributed by atoms with Gasteiger partial charge in [0.05, 0.1) is 6.42 Å². The molecule has 28 heavy (non-hydrogen) atoms. The van der Waals surface area contributed by atoms with E-state index in [1.807, 2.05) is 42.5 Å². The van der Waals surface area contributed by atoms with E-state index in [0.717, 1.165) is 37.1 Å². The fourth-order valence-corrected chi connectivity index (χ4v) is 2.80. The molecule has 0 aromatic heterocycles. The van der Waals surface area contributed by atoms with Gasteiger partial charge in [-0.05, 0) is 49.4 Å². The van der Waals surface area contributed by atoms with Crippen molar-refractivity contribution in [2.75, 3.05) is 17.2 Å². The zero-order valence-electron chi connectivity index (χ0n) is 16.3. The van der Waals surface area contributed by atoms with Gasteiger partial charge in [0.1, 0.15) is 6.04 Å². The topological polar surface area (TPSA) is 90.5 Å². The van der Waals surface area contributed by atoms with Gasteiger partial charge < -0.3 is 21.1 Å². The molecule has 1 unspecified atom stereocenters. The summed E-state index contributed by atoms with van der Waals surface area (Å²) in [6, 6.07) is 16.2. The number of amides is 1. The van der Waals surface area contributed by atoms with Crippen molar-refractivity contribution in [2.45, 2.75) is 45.1 Å². The number of carbonyl (C=O) groups is 2. The average molecular weight is 383 g/mol. The number of nitrogens with one attached hydrogen (secondary N) is 3. The number of carboxylic acids is 1. The molecule has 0 spiro atoms. The quantitative estimate of drug-likeness (QED) is 0.408. The van der Waals surface area contributed by atoms with Crippen LogP contribution in [0.5, 0.6) is 0 Å². The van der Waals surface area contributed by atoms with Crippen LogP contribution in [0.3, 0.4) is 0 Å². The van der Waals surface area contributed by atoms with Crippen LogP contribution >= 0.6 is 0 Å². The Morgan fingerprint density at radius 3 is 2.18 bits per heavy atom. The summed E-state index contributed by atoms with van der Waals surface area (Å²) in [5.41, 5.74) is 2.52. The lowest BCUT2D eigenvalue weighted by molar-refractivity contribution is -0.141. The number of carboxylic acid groups (broad SMARTS) is 1. The van der Waals surface area contributed by atoms with Crippen molar-refractivity contribution < 1.29 is 14.7 Å². The highest BCUT2D eigenvalue weighted by molar-refractivity contribution is 5.94. The molecule has 0 radical (unpaired) electrons. The number of aliphatic carboxylic acids is 1. The van der Waals surface area contributed by atoms with Crippen molar-refractivity contribution in [1.82, 2.24) is 5.32 Å². The number of hydrogen-bond acceptors (Lipinski definition) is 4. The second kappa shape index (κ2) is 11.8. The van der Waals surface area contributed by atoms with Crippen molar-refractivity contribution in [1.29, 1.82) is 0 Å². The largest absolute Gasteiger partial charge is 0.480 e. The fraction of sp³-hybridized carbons (Fsp3) is 0.364. The van der Waals surface area contributed by atoms with Gasteiger partial charge in [-0.25, -0.2) is 0 Å². The number of benzene rings is 2. The summed E-state index contributed by atoms with van der Waals surface area (Å²) in [4.78, 5) is 23.6. The van der Waals surface area contributed by atoms with Crippen molar-refractivity contribution in [3.05, 3.63) is 54.6 Å². The third kappa shape index (κ3) is 7.80. The Balaban J connectivity index is 1.81. The van der Waals surface area contributed by atoms with Crippen LogP contribution in [-0.2, 0) is 9.59 Å². The van der Waals surface area contributed by atoms with E-state index < -0.39 is 12.0 Å². The van der Waals surface area contributed by atoms with Gasteiger partial charge >= 0.3 is 5.97 Å². The smallest absolute Gasteiger partial charge is 0.321 e. The zero-order chi connectivity index (χ0) is 20.2. The average Bonchev–Trinajstić information content (AvgIpc) is 2.69. The van der Waals surface area contributed by atoms with Crippen LogP contribution in [0.15, 0.2) is 54.6 Å². The Morgan fingerprint density at radius 2 is 1.54 bits per heavy atom. The minimum absolute atomic E-state index is 0.104. The first kappa shape index (κ1) is 21.4. The number of anilines is 3. The van der Waals surface area contributed by atoms with Gasteiger partial charge in [0.15, 0.2) is 0 Å². The van der Waals surface area contributed by atoms with Gasteiger partial charge in [-0.3, -0.25) is 9.59 Å². The summed E-state index contributed by atoms with van der Waals surface area (Å²) >= 11 is 0. The number of carbonyl (C=O) groups excluding carboxylic acids is 1. The fourth-order valence-electron chi connectivity index (χ4n) is 2.80. The predicted octanol–water partition coefficient (Wildman–Crippen LogP) is 4.38. The molecule has 6 nitrogen and oxygen atoms in total. The van der Waals surface area contributed by atoms with Crippen LogP contribution in [0, 0.1) is 0 Å². The van der Waals surface area contributed by atoms with Crippen LogP contribution in [0.1, 0.15) is 39.0 Å². The van der Waals surface area contributed by atoms with Gasteiger partial charge in [-0.1, -0.05) is 44.4 Å². The van der Waals surface area contributed by atoms with E-state index in [1.54, 1.807) is 12.1 Å². The SMILES string of the molecule is CCCCCCNC(CC(=O)Nc1ccc(Nc2ccccc2)cc1)C(=O)O. The van der Waals surface area contributed by atoms with Crippen molar-refractivity contribution >= 4 is 28.9 Å². The lowest BCUT2D eigenvalue weighted by atomic mass is 10.1. The molecule has 0 heterocycles. The van der Waals surface area contributed by atoms with E-state index in [4.69, 9.17) is 0 Å². The molecule has 1 amide bonds. The summed E-state index contributed by atoms with van der Waals surface area (Å²) in [5, 5.41) is 18.3. The number of unbranched alkanes of at least 4 members (excludes halogenated alkanes) is 3. The van der Waals surface area contributed by atoms with Gasteiger partial charge in [0, 0.05) is 17.1 Å². The van der Waals surface area contributed by atoms with E-state index in [-0.39, 0.29) is 12.3 Å². The lowest BCUT2D eigenvalue weighted by Gasteiger charge is -2.14. The first-order valence-corrected chi connectivity index (χ1v) is 9.76. The maximum Gasteiger partial charge on any atom is 0.321 e. The van der Waals surface area contributed by atoms with Crippen LogP contribution in [0.2, 0.25) is 0 Å². The minimum atomic E-state index is -1.01. The first-order valence-electron chi connectivity index (χ1n) is 9.76. The number of para-hydroxylation sites is 1. The molecule has 1 atom stereocenters. The highest BCUT2D eigenvalue weighted by Crippen LogP contribution is 2.18. The van der Waals surface area contributed by atoms with E-state index in [1.165, 1.54) is 0 Å². The molecular weight excluding hydrogens is 354 g/mol. The molecule has 2 rings (SSSR count). The molecule has 0 fully saturated rings. The van der Waals surface area contributed by atoms with Crippen molar-refractivity contribution in [3.8, 4) is 0 Å². The third-order valence-electron chi connectivity index (χ3n) is 4.34. The van der Waals surface area contributed by atoms with Crippen molar-refractivity contribution in [2.24, 2.45) is 0 Å². The normalized spacial score (nSPS) is 11.6. The number of hydrogen-bond donors (Lipinski definition) is 4. The molecule has 0 aliphatic rings. The van der Waals surface area contributed by atoms with Crippen LogP contribution in [-0.4, -0.2) is 29.6 Å². The molecule has 6 heteroatoms. The maximum atomic E-state index is 12.2. The highest BCUT2D eigenvalue weighted by Gasteiger charge is 2.20. The zero-order valence-corrected chi connectivity index (χ0v) is 16.3. The van der Waals surface area contributed by atoms with Gasteiger partial charge in [-0.2, -0.15) is 0 Å². The van der Waals surface area contributed by atoms with E-state index in [9.17, 15) is 14.7 Å². The van der Waals surface area contributed by atoms with E-state index >= 15 is 0 Å². The van der Waals surface area contributed by atoms with Crippen molar-refractivity contribution in [3.63, 3.8) is 0 Å². The number of rotatable bonds is 12. The molecule has 150 valence electrons. The Kier molecular flexibility index (Phi) is 9.01. The summed E-state index contributed by atoms with van der Waals surface area (Å²) in [6.45, 7) is 2.73. The van der Waals surface area contributed by atoms with Crippen LogP contribution in [0.25, 0.3) is 0 Å². The Labute approximate surface area is 166 Å². The maximum absolute atomic E-state index is 12.2. The molecule has 2 aromatic rings. The van der Waals surface area contributed by atoms with Gasteiger partial charge in [0.2, 0.25) is 5.91 Å². The summed E-state index contributed by atoms with van der Waals surface area (Å²) in [7, 11) is 0. The van der Waals surface area contributed by atoms with E-state index in [2.05, 4.69) is 22.9 Å². The summed E-state index contributed by atoms with van der Waals surface area (Å²) in [5.74, 6) is -1.33. The first-order chi connectivity index (χ1) is 13.6. The molecule has 0 saturated heterocycles. The molecule has 0 aliphatic heterocycles. The Morgan fingerprint density at radius 1 is 0.893 bits per heavy atom. The molecule has 2 aromatic carbocycles. The highest BCUT2D eigenvalue weighted by atomic mass is 16.4. The summed E-state index contributed by atoms with van der Waals surface area (Å²) in [6.07, 6.45) is 4.13. The lowest BCUT2D eigenvalue weighted by Crippen LogP contribution is -2.40. The monoisotopic (exact) mass is 383 g/mol. The predicted molar refractivity (Wildman–Crippen MR) is 113 cm³/mol. The van der Waals surface area contributed by atoms with Crippen LogP contribution < -0.4 is 16.0 Å². The Hall–Kier alpha value is -2.86. The third-order valence-corrected chi connectivity index (χ3v) is 4.34. The molecule has 0 saturated carbocycles. The van der Waals surface area contributed by atoms with Gasteiger partial charge in [0.25, 0.3) is 0 Å². The summed E-state index contributed by atoms with van der Waals surface area (Å²) < 4.78 is 0. The standard InChI is InChI=1S/C22H29N3O3/c1-2-3-4-8-15-23-20(22(27)28)16-21(26)25-19-13-11-18(12-14-19)24-17-9-6-5-7-10-17/h5-7,9-14,20,23-24H,2-4,8,15-16H2,1H3,(H,25,26)(H,27,28).